The first-order valence-electron chi connectivity index (χ1n) is 7.68. The molecule has 2 aromatic carbocycles. The molecule has 0 aliphatic carbocycles. The van der Waals surface area contributed by atoms with Gasteiger partial charge in [-0.3, -0.25) is 0 Å². The van der Waals surface area contributed by atoms with Gasteiger partial charge in [-0.2, -0.15) is 5.10 Å². The largest absolute Gasteiger partial charge is 0.340 e. The lowest BCUT2D eigenvalue weighted by Gasteiger charge is -2.11. The Bertz CT molecular complexity index is 1070. The van der Waals surface area contributed by atoms with E-state index >= 15 is 0 Å². The Morgan fingerprint density at radius 1 is 1.04 bits per heavy atom. The van der Waals surface area contributed by atoms with Gasteiger partial charge < -0.3 is 16.6 Å². The number of nitrogens with one attached hydrogen (secondary N) is 2. The van der Waals surface area contributed by atoms with E-state index in [0.29, 0.717) is 5.84 Å². The van der Waals surface area contributed by atoms with E-state index in [0.717, 1.165) is 33.4 Å². The number of amidine groups is 1. The summed E-state index contributed by atoms with van der Waals surface area (Å²) >= 11 is 1.69. The summed E-state index contributed by atoms with van der Waals surface area (Å²) in [7, 11) is 0. The highest BCUT2D eigenvalue weighted by atomic mass is 32.1. The van der Waals surface area contributed by atoms with E-state index in [1.807, 2.05) is 48.5 Å². The fraction of sp³-hybridized carbons (Fsp3) is 0. The van der Waals surface area contributed by atoms with E-state index in [2.05, 4.69) is 27.3 Å². The van der Waals surface area contributed by atoms with Crippen molar-refractivity contribution in [1.82, 2.24) is 10.4 Å². The van der Waals surface area contributed by atoms with Crippen LogP contribution in [0, 0.1) is 0 Å². The van der Waals surface area contributed by atoms with Crippen molar-refractivity contribution in [2.75, 3.05) is 5.32 Å². The van der Waals surface area contributed by atoms with Crippen molar-refractivity contribution < 1.29 is 0 Å². The molecule has 6 N–H and O–H groups in total. The Labute approximate surface area is 148 Å². The van der Waals surface area contributed by atoms with Crippen molar-refractivity contribution in [3.63, 3.8) is 0 Å². The van der Waals surface area contributed by atoms with Crippen LogP contribution in [0.4, 0.5) is 11.5 Å². The number of hydrogen-bond acceptors (Lipinski definition) is 6. The second kappa shape index (κ2) is 6.39. The molecule has 0 fully saturated rings. The summed E-state index contributed by atoms with van der Waals surface area (Å²) in [5.74, 6) is 12.1. The fourth-order valence-corrected chi connectivity index (χ4v) is 3.73. The average Bonchev–Trinajstić information content (AvgIpc) is 3.14. The van der Waals surface area contributed by atoms with Crippen LogP contribution in [-0.4, -0.2) is 10.8 Å². The first-order chi connectivity index (χ1) is 12.3. The highest BCUT2D eigenvalue weighted by Gasteiger charge is 2.12. The first kappa shape index (κ1) is 15.4. The van der Waals surface area contributed by atoms with Gasteiger partial charge >= 0.3 is 0 Å². The van der Waals surface area contributed by atoms with Gasteiger partial charge in [0.2, 0.25) is 0 Å². The first-order valence-corrected chi connectivity index (χ1v) is 8.56. The third-order valence-electron chi connectivity index (χ3n) is 3.97. The Hall–Kier alpha value is -3.16. The number of benzene rings is 2. The van der Waals surface area contributed by atoms with E-state index in [1.54, 1.807) is 11.3 Å². The van der Waals surface area contributed by atoms with Crippen molar-refractivity contribution >= 4 is 49.7 Å². The molecule has 0 aliphatic heterocycles. The van der Waals surface area contributed by atoms with Gasteiger partial charge in [0, 0.05) is 26.7 Å². The molecule has 0 amide bonds. The molecule has 0 bridgehead atoms. The van der Waals surface area contributed by atoms with Crippen molar-refractivity contribution in [2.24, 2.45) is 16.8 Å². The van der Waals surface area contributed by atoms with Crippen LogP contribution in [0.2, 0.25) is 0 Å². The molecule has 0 spiro atoms. The molecule has 0 aliphatic rings. The maximum absolute atomic E-state index is 5.47. The van der Waals surface area contributed by atoms with Gasteiger partial charge in [0.1, 0.15) is 5.82 Å². The Morgan fingerprint density at radius 2 is 1.88 bits per heavy atom. The van der Waals surface area contributed by atoms with Crippen molar-refractivity contribution in [1.29, 1.82) is 0 Å². The molecule has 2 aromatic heterocycles. The zero-order valence-electron chi connectivity index (χ0n) is 13.2. The summed E-state index contributed by atoms with van der Waals surface area (Å²) in [6, 6.07) is 17.9. The van der Waals surface area contributed by atoms with E-state index < -0.39 is 0 Å². The number of nitrogens with two attached hydrogens (primary N) is 2. The molecule has 7 heteroatoms. The molecule has 124 valence electrons. The Balaban J connectivity index is 1.90. The number of fused-ring (bicyclic) bond motifs is 3. The maximum Gasteiger partial charge on any atom is 0.166 e. The zero-order valence-corrected chi connectivity index (χ0v) is 14.0. The normalized spacial score (nSPS) is 11.8. The molecule has 0 atom stereocenters. The van der Waals surface area contributed by atoms with Crippen LogP contribution < -0.4 is 22.4 Å². The monoisotopic (exact) mass is 348 g/mol. The number of thiophene rings is 1. The topological polar surface area (TPSA) is 101 Å². The minimum atomic E-state index is 0.410. The lowest BCUT2D eigenvalue weighted by Crippen LogP contribution is -2.32. The summed E-state index contributed by atoms with van der Waals surface area (Å²) < 4.78 is 1.18. The molecule has 0 unspecified atom stereocenters. The minimum Gasteiger partial charge on any atom is -0.340 e. The van der Waals surface area contributed by atoms with E-state index in [-0.39, 0.29) is 0 Å². The Morgan fingerprint density at radius 3 is 2.64 bits per heavy atom. The molecule has 4 aromatic rings. The SMILES string of the molecule is N/N=C(\NN)c1ccc2c(c1)nc(Nc1ccccc1)c1ccsc12. The van der Waals surface area contributed by atoms with Gasteiger partial charge in [-0.1, -0.05) is 30.3 Å². The van der Waals surface area contributed by atoms with E-state index in [1.165, 1.54) is 4.70 Å². The number of anilines is 2. The van der Waals surface area contributed by atoms with Gasteiger partial charge in [0.25, 0.3) is 0 Å². The number of hydrogen-bond donors (Lipinski definition) is 4. The molecule has 2 heterocycles. The maximum atomic E-state index is 5.47. The van der Waals surface area contributed by atoms with Crippen LogP contribution in [0.5, 0.6) is 0 Å². The molecular formula is C18H16N6S. The molecule has 0 saturated carbocycles. The second-order valence-electron chi connectivity index (χ2n) is 5.47. The highest BCUT2D eigenvalue weighted by Crippen LogP contribution is 2.35. The zero-order chi connectivity index (χ0) is 17.2. The van der Waals surface area contributed by atoms with Gasteiger partial charge in [-0.05, 0) is 29.6 Å². The molecule has 6 nitrogen and oxygen atoms in total. The van der Waals surface area contributed by atoms with Crippen LogP contribution >= 0.6 is 11.3 Å². The van der Waals surface area contributed by atoms with Crippen molar-refractivity contribution in [3.05, 3.63) is 65.5 Å². The number of hydrazone groups is 1. The number of aromatic nitrogens is 1. The predicted molar refractivity (Wildman–Crippen MR) is 105 cm³/mol. The van der Waals surface area contributed by atoms with E-state index in [4.69, 9.17) is 16.7 Å². The number of para-hydroxylation sites is 1. The minimum absolute atomic E-state index is 0.410. The van der Waals surface area contributed by atoms with Crippen LogP contribution in [0.25, 0.3) is 21.0 Å². The van der Waals surface area contributed by atoms with Gasteiger partial charge in [-0.25, -0.2) is 10.8 Å². The standard InChI is InChI=1S/C18H16N6S/c19-23-17(24-20)11-6-7-13-15(10-11)22-18(14-8-9-25-16(13)14)21-12-4-2-1-3-5-12/h1-10H,19-20H2,(H,21,22)(H,23,24). The van der Waals surface area contributed by atoms with Crippen molar-refractivity contribution in [2.45, 2.75) is 0 Å². The lowest BCUT2D eigenvalue weighted by molar-refractivity contribution is 1.00. The lowest BCUT2D eigenvalue weighted by atomic mass is 10.1. The molecule has 0 radical (unpaired) electrons. The number of nitrogens with zero attached hydrogens (tertiary/aromatic N) is 2. The van der Waals surface area contributed by atoms with E-state index in [9.17, 15) is 0 Å². The molecular weight excluding hydrogens is 332 g/mol. The predicted octanol–water partition coefficient (Wildman–Crippen LogP) is 3.28. The summed E-state index contributed by atoms with van der Waals surface area (Å²) in [5, 5.41) is 11.3. The smallest absolute Gasteiger partial charge is 0.166 e. The van der Waals surface area contributed by atoms with Gasteiger partial charge in [0.15, 0.2) is 5.84 Å². The average molecular weight is 348 g/mol. The summed E-state index contributed by atoms with van der Waals surface area (Å²) in [4.78, 5) is 4.81. The highest BCUT2D eigenvalue weighted by molar-refractivity contribution is 7.18. The number of rotatable bonds is 3. The van der Waals surface area contributed by atoms with Crippen molar-refractivity contribution in [3.8, 4) is 0 Å². The summed E-state index contributed by atoms with van der Waals surface area (Å²) in [6.45, 7) is 0. The van der Waals surface area contributed by atoms with Gasteiger partial charge in [0.05, 0.1) is 5.52 Å². The second-order valence-corrected chi connectivity index (χ2v) is 6.38. The molecule has 25 heavy (non-hydrogen) atoms. The third-order valence-corrected chi connectivity index (χ3v) is 4.92. The summed E-state index contributed by atoms with van der Waals surface area (Å²) in [6.07, 6.45) is 0. The van der Waals surface area contributed by atoms with Crippen LogP contribution in [0.1, 0.15) is 5.56 Å². The fourth-order valence-electron chi connectivity index (χ4n) is 2.80. The van der Waals surface area contributed by atoms with Crippen LogP contribution in [0.3, 0.4) is 0 Å². The number of pyridine rings is 1. The molecule has 0 saturated heterocycles. The Kier molecular flexibility index (Phi) is 3.93. The van der Waals surface area contributed by atoms with Crippen LogP contribution in [0.15, 0.2) is 65.1 Å². The molecule has 4 rings (SSSR count). The van der Waals surface area contributed by atoms with Crippen LogP contribution in [-0.2, 0) is 0 Å². The van der Waals surface area contributed by atoms with Gasteiger partial charge in [-0.15, -0.1) is 11.3 Å². The quantitative estimate of drug-likeness (QED) is 0.197. The number of hydrazine groups is 1. The summed E-state index contributed by atoms with van der Waals surface area (Å²) in [5.41, 5.74) is 5.13. The third kappa shape index (κ3) is 2.75.